The van der Waals surface area contributed by atoms with Gasteiger partial charge in [-0.25, -0.2) is 0 Å². The summed E-state index contributed by atoms with van der Waals surface area (Å²) in [6.45, 7) is 7.00. The third kappa shape index (κ3) is 2.41. The fourth-order valence-electron chi connectivity index (χ4n) is 2.65. The highest BCUT2D eigenvalue weighted by Crippen LogP contribution is 2.23. The normalized spacial score (nSPS) is 23.7. The number of hydrogen-bond acceptors (Lipinski definition) is 3. The molecule has 2 rings (SSSR count). The van der Waals surface area contributed by atoms with E-state index in [4.69, 9.17) is 0 Å². The first-order valence-corrected chi connectivity index (χ1v) is 6.44. The third-order valence-corrected chi connectivity index (χ3v) is 3.78. The van der Waals surface area contributed by atoms with E-state index in [2.05, 4.69) is 12.0 Å². The molecule has 1 aliphatic heterocycles. The molecule has 0 aliphatic carbocycles. The summed E-state index contributed by atoms with van der Waals surface area (Å²) in [5, 5.41) is 13.7. The maximum atomic E-state index is 12.2. The zero-order chi connectivity index (χ0) is 13.3. The van der Waals surface area contributed by atoms with E-state index < -0.39 is 0 Å². The van der Waals surface area contributed by atoms with Crippen LogP contribution >= 0.6 is 0 Å². The monoisotopic (exact) mass is 251 g/mol. The summed E-state index contributed by atoms with van der Waals surface area (Å²) >= 11 is 0. The lowest BCUT2D eigenvalue weighted by atomic mass is 10.0. The molecule has 2 unspecified atom stereocenters. The Morgan fingerprint density at radius 1 is 1.56 bits per heavy atom. The third-order valence-electron chi connectivity index (χ3n) is 3.78. The van der Waals surface area contributed by atoms with Crippen molar-refractivity contribution in [2.45, 2.75) is 39.8 Å². The highest BCUT2D eigenvalue weighted by Gasteiger charge is 2.33. The lowest BCUT2D eigenvalue weighted by molar-refractivity contribution is -0.134. The van der Waals surface area contributed by atoms with Crippen molar-refractivity contribution in [1.29, 1.82) is 0 Å². The average Bonchev–Trinajstić information content (AvgIpc) is 2.82. The predicted octanol–water partition coefficient (Wildman–Crippen LogP) is 0.729. The molecule has 2 atom stereocenters. The van der Waals surface area contributed by atoms with Crippen molar-refractivity contribution in [1.82, 2.24) is 14.7 Å². The van der Waals surface area contributed by atoms with Crippen LogP contribution in [-0.2, 0) is 11.3 Å². The standard InChI is InChI=1S/C13H21N3O2/c1-9-4-5-15(12(9)8-17)13(18)7-16-11(3)6-10(2)14-16/h6,9,12,17H,4-5,7-8H2,1-3H3. The first kappa shape index (κ1) is 13.1. The summed E-state index contributed by atoms with van der Waals surface area (Å²) < 4.78 is 1.73. The summed E-state index contributed by atoms with van der Waals surface area (Å²) in [6.07, 6.45) is 0.966. The summed E-state index contributed by atoms with van der Waals surface area (Å²) in [7, 11) is 0. The molecule has 1 amide bonds. The SMILES string of the molecule is Cc1cc(C)n(CC(=O)N2CCC(C)C2CO)n1. The molecule has 1 N–H and O–H groups in total. The Hall–Kier alpha value is -1.36. The van der Waals surface area contributed by atoms with Crippen molar-refractivity contribution in [3.63, 3.8) is 0 Å². The molecule has 0 spiro atoms. The van der Waals surface area contributed by atoms with Crippen molar-refractivity contribution < 1.29 is 9.90 Å². The van der Waals surface area contributed by atoms with Crippen molar-refractivity contribution in [3.05, 3.63) is 17.5 Å². The quantitative estimate of drug-likeness (QED) is 0.861. The van der Waals surface area contributed by atoms with Crippen molar-refractivity contribution in [2.24, 2.45) is 5.92 Å². The molecule has 0 aromatic carbocycles. The van der Waals surface area contributed by atoms with Gasteiger partial charge in [-0.3, -0.25) is 9.48 Å². The van der Waals surface area contributed by atoms with E-state index in [9.17, 15) is 9.90 Å². The van der Waals surface area contributed by atoms with Crippen LogP contribution in [0.4, 0.5) is 0 Å². The molecule has 2 heterocycles. The predicted molar refractivity (Wildman–Crippen MR) is 68.1 cm³/mol. The van der Waals surface area contributed by atoms with Crippen LogP contribution in [0.5, 0.6) is 0 Å². The molecule has 18 heavy (non-hydrogen) atoms. The molecule has 5 nitrogen and oxygen atoms in total. The van der Waals surface area contributed by atoms with Crippen LogP contribution < -0.4 is 0 Å². The van der Waals surface area contributed by atoms with Gasteiger partial charge in [0.1, 0.15) is 6.54 Å². The molecule has 0 bridgehead atoms. The highest BCUT2D eigenvalue weighted by molar-refractivity contribution is 5.76. The fraction of sp³-hybridized carbons (Fsp3) is 0.692. The summed E-state index contributed by atoms with van der Waals surface area (Å²) in [5.41, 5.74) is 1.92. The molecule has 5 heteroatoms. The fourth-order valence-corrected chi connectivity index (χ4v) is 2.65. The molecule has 1 fully saturated rings. The van der Waals surface area contributed by atoms with Crippen LogP contribution in [0.2, 0.25) is 0 Å². The molecule has 0 saturated carbocycles. The number of amides is 1. The van der Waals surface area contributed by atoms with E-state index in [0.29, 0.717) is 5.92 Å². The van der Waals surface area contributed by atoms with Gasteiger partial charge in [0.25, 0.3) is 0 Å². The van der Waals surface area contributed by atoms with Crippen LogP contribution in [-0.4, -0.2) is 44.9 Å². The summed E-state index contributed by atoms with van der Waals surface area (Å²) in [5.74, 6) is 0.420. The van der Waals surface area contributed by atoms with Crippen molar-refractivity contribution in [3.8, 4) is 0 Å². The maximum Gasteiger partial charge on any atom is 0.244 e. The molecular weight excluding hydrogens is 230 g/mol. The van der Waals surface area contributed by atoms with E-state index in [1.54, 1.807) is 9.58 Å². The minimum Gasteiger partial charge on any atom is -0.394 e. The van der Waals surface area contributed by atoms with Gasteiger partial charge in [0.15, 0.2) is 0 Å². The van der Waals surface area contributed by atoms with Gasteiger partial charge in [0.2, 0.25) is 5.91 Å². The average molecular weight is 251 g/mol. The first-order valence-electron chi connectivity index (χ1n) is 6.44. The first-order chi connectivity index (χ1) is 8.52. The van der Waals surface area contributed by atoms with E-state index in [1.165, 1.54) is 0 Å². The van der Waals surface area contributed by atoms with E-state index in [1.807, 2.05) is 19.9 Å². The molecule has 0 radical (unpaired) electrons. The Balaban J connectivity index is 2.06. The number of carbonyl (C=O) groups is 1. The van der Waals surface area contributed by atoms with Gasteiger partial charge in [-0.05, 0) is 32.3 Å². The van der Waals surface area contributed by atoms with Crippen molar-refractivity contribution in [2.75, 3.05) is 13.2 Å². The van der Waals surface area contributed by atoms with Crippen molar-refractivity contribution >= 4 is 5.91 Å². The zero-order valence-corrected chi connectivity index (χ0v) is 11.3. The van der Waals surface area contributed by atoms with Crippen LogP contribution in [0.15, 0.2) is 6.07 Å². The zero-order valence-electron chi connectivity index (χ0n) is 11.3. The van der Waals surface area contributed by atoms with E-state index in [0.717, 1.165) is 24.4 Å². The topological polar surface area (TPSA) is 58.4 Å². The minimum atomic E-state index is -0.0329. The number of rotatable bonds is 3. The number of hydrogen-bond donors (Lipinski definition) is 1. The van der Waals surface area contributed by atoms with E-state index in [-0.39, 0.29) is 25.1 Å². The van der Waals surface area contributed by atoms with Gasteiger partial charge < -0.3 is 10.0 Å². The van der Waals surface area contributed by atoms with Crippen LogP contribution in [0, 0.1) is 19.8 Å². The Kier molecular flexibility index (Phi) is 3.71. The lowest BCUT2D eigenvalue weighted by Gasteiger charge is -2.25. The molecular formula is C13H21N3O2. The van der Waals surface area contributed by atoms with Crippen LogP contribution in [0.3, 0.4) is 0 Å². The van der Waals surface area contributed by atoms with Crippen LogP contribution in [0.1, 0.15) is 24.7 Å². The summed E-state index contributed by atoms with van der Waals surface area (Å²) in [6, 6.07) is 1.93. The van der Waals surface area contributed by atoms with Gasteiger partial charge in [-0.1, -0.05) is 6.92 Å². The minimum absolute atomic E-state index is 0.0329. The second kappa shape index (κ2) is 5.10. The largest absolute Gasteiger partial charge is 0.394 e. The summed E-state index contributed by atoms with van der Waals surface area (Å²) in [4.78, 5) is 14.0. The highest BCUT2D eigenvalue weighted by atomic mass is 16.3. The Morgan fingerprint density at radius 2 is 2.28 bits per heavy atom. The maximum absolute atomic E-state index is 12.2. The number of aromatic nitrogens is 2. The molecule has 100 valence electrons. The van der Waals surface area contributed by atoms with Gasteiger partial charge >= 0.3 is 0 Å². The van der Waals surface area contributed by atoms with E-state index >= 15 is 0 Å². The van der Waals surface area contributed by atoms with Gasteiger partial charge in [0, 0.05) is 12.2 Å². The second-order valence-electron chi connectivity index (χ2n) is 5.19. The Morgan fingerprint density at radius 3 is 2.83 bits per heavy atom. The Labute approximate surface area is 107 Å². The molecule has 1 aliphatic rings. The number of likely N-dealkylation sites (tertiary alicyclic amines) is 1. The van der Waals surface area contributed by atoms with Crippen LogP contribution in [0.25, 0.3) is 0 Å². The van der Waals surface area contributed by atoms with Gasteiger partial charge in [0.05, 0.1) is 18.3 Å². The number of carbonyl (C=O) groups excluding carboxylic acids is 1. The number of nitrogens with zero attached hydrogens (tertiary/aromatic N) is 3. The molecule has 1 aromatic rings. The number of aryl methyl sites for hydroxylation is 2. The smallest absolute Gasteiger partial charge is 0.244 e. The van der Waals surface area contributed by atoms with Gasteiger partial charge in [-0.15, -0.1) is 0 Å². The second-order valence-corrected chi connectivity index (χ2v) is 5.19. The molecule has 1 aromatic heterocycles. The number of aliphatic hydroxyl groups is 1. The molecule has 1 saturated heterocycles. The van der Waals surface area contributed by atoms with Gasteiger partial charge in [-0.2, -0.15) is 5.10 Å². The number of aliphatic hydroxyl groups excluding tert-OH is 1. The lowest BCUT2D eigenvalue weighted by Crippen LogP contribution is -2.41. The Bertz CT molecular complexity index is 441.